The number of benzene rings is 2. The van der Waals surface area contributed by atoms with Crippen LogP contribution in [-0.4, -0.2) is 50.5 Å². The highest BCUT2D eigenvalue weighted by atomic mass is 79.9. The molecule has 0 saturated heterocycles. The summed E-state index contributed by atoms with van der Waals surface area (Å²) in [4.78, 5) is 27.6. The van der Waals surface area contributed by atoms with E-state index in [9.17, 15) is 18.0 Å². The average Bonchev–Trinajstić information content (AvgIpc) is 2.76. The van der Waals surface area contributed by atoms with Crippen LogP contribution in [0.1, 0.15) is 37.8 Å². The predicted octanol–water partition coefficient (Wildman–Crippen LogP) is 3.86. The number of halogens is 1. The van der Waals surface area contributed by atoms with Gasteiger partial charge in [-0.05, 0) is 50.1 Å². The quantitative estimate of drug-likeness (QED) is 0.441. The van der Waals surface area contributed by atoms with E-state index in [0.717, 1.165) is 39.0 Å². The van der Waals surface area contributed by atoms with E-state index in [1.54, 1.807) is 31.2 Å². The fourth-order valence-corrected chi connectivity index (χ4v) is 4.34. The molecular weight excluding hydrogens is 506 g/mol. The molecule has 1 atom stereocenters. The van der Waals surface area contributed by atoms with Crippen LogP contribution in [0.15, 0.2) is 53.0 Å². The average molecular weight is 539 g/mol. The smallest absolute Gasteiger partial charge is 0.244 e. The Hall–Kier alpha value is -2.39. The molecule has 9 heteroatoms. The lowest BCUT2D eigenvalue weighted by atomic mass is 10.1. The lowest BCUT2D eigenvalue weighted by Crippen LogP contribution is -2.51. The highest BCUT2D eigenvalue weighted by Gasteiger charge is 2.29. The van der Waals surface area contributed by atoms with Crippen molar-refractivity contribution >= 4 is 43.5 Å². The molecular formula is C24H32BrN3O4S. The summed E-state index contributed by atoms with van der Waals surface area (Å²) in [5.74, 6) is -0.722. The van der Waals surface area contributed by atoms with Crippen LogP contribution >= 0.6 is 15.9 Å². The van der Waals surface area contributed by atoms with Gasteiger partial charge in [-0.3, -0.25) is 13.9 Å². The molecule has 0 heterocycles. The summed E-state index contributed by atoms with van der Waals surface area (Å²) in [5, 5.41) is 2.87. The van der Waals surface area contributed by atoms with Gasteiger partial charge in [-0.2, -0.15) is 0 Å². The molecule has 0 radical (unpaired) electrons. The molecule has 2 rings (SSSR count). The predicted molar refractivity (Wildman–Crippen MR) is 135 cm³/mol. The first-order valence-corrected chi connectivity index (χ1v) is 13.5. The van der Waals surface area contributed by atoms with Crippen molar-refractivity contribution in [1.29, 1.82) is 0 Å². The van der Waals surface area contributed by atoms with Crippen LogP contribution in [0.2, 0.25) is 0 Å². The zero-order valence-corrected chi connectivity index (χ0v) is 21.9. The Labute approximate surface area is 205 Å². The van der Waals surface area contributed by atoms with E-state index in [0.29, 0.717) is 12.2 Å². The fourth-order valence-electron chi connectivity index (χ4n) is 3.23. The maximum Gasteiger partial charge on any atom is 0.244 e. The van der Waals surface area contributed by atoms with Crippen LogP contribution in [-0.2, 0) is 26.2 Å². The minimum absolute atomic E-state index is 0.194. The van der Waals surface area contributed by atoms with Crippen molar-refractivity contribution < 1.29 is 18.0 Å². The molecule has 0 aromatic heterocycles. The monoisotopic (exact) mass is 537 g/mol. The number of carbonyl (C=O) groups excluding carboxylic acids is 2. The van der Waals surface area contributed by atoms with Gasteiger partial charge in [-0.15, -0.1) is 0 Å². The SMILES string of the molecule is CCCCNC(=O)C(C)N(Cc1ccc(C)cc1)C(=O)CN(c1ccc(Br)cc1)S(C)(=O)=O. The van der Waals surface area contributed by atoms with Gasteiger partial charge in [-0.25, -0.2) is 8.42 Å². The molecule has 0 aliphatic carbocycles. The first-order chi connectivity index (χ1) is 15.5. The molecule has 2 amide bonds. The van der Waals surface area contributed by atoms with Crippen molar-refractivity contribution in [1.82, 2.24) is 10.2 Å². The summed E-state index contributed by atoms with van der Waals surface area (Å²) >= 11 is 3.33. The molecule has 0 saturated carbocycles. The number of amides is 2. The third-order valence-corrected chi connectivity index (χ3v) is 6.93. The largest absolute Gasteiger partial charge is 0.354 e. The highest BCUT2D eigenvalue weighted by Crippen LogP contribution is 2.21. The molecule has 0 aliphatic rings. The molecule has 0 aliphatic heterocycles. The van der Waals surface area contributed by atoms with Gasteiger partial charge >= 0.3 is 0 Å². The second kappa shape index (κ2) is 12.2. The van der Waals surface area contributed by atoms with E-state index in [2.05, 4.69) is 21.2 Å². The third-order valence-electron chi connectivity index (χ3n) is 5.26. The Bertz CT molecular complexity index is 1040. The lowest BCUT2D eigenvalue weighted by Gasteiger charge is -2.31. The number of aryl methyl sites for hydroxylation is 1. The summed E-state index contributed by atoms with van der Waals surface area (Å²) < 4.78 is 26.9. The minimum atomic E-state index is -3.73. The fraction of sp³-hybridized carbons (Fsp3) is 0.417. The first kappa shape index (κ1) is 26.9. The third kappa shape index (κ3) is 8.16. The zero-order valence-electron chi connectivity index (χ0n) is 19.5. The van der Waals surface area contributed by atoms with E-state index in [-0.39, 0.29) is 12.5 Å². The number of nitrogens with one attached hydrogen (secondary N) is 1. The molecule has 0 spiro atoms. The molecule has 2 aromatic carbocycles. The molecule has 33 heavy (non-hydrogen) atoms. The van der Waals surface area contributed by atoms with Crippen LogP contribution in [0, 0.1) is 6.92 Å². The van der Waals surface area contributed by atoms with Crippen molar-refractivity contribution in [2.24, 2.45) is 0 Å². The molecule has 0 bridgehead atoms. The van der Waals surface area contributed by atoms with E-state index < -0.39 is 28.5 Å². The standard InChI is InChI=1S/C24H32BrN3O4S/c1-5-6-15-26-24(30)19(3)27(16-20-9-7-18(2)8-10-20)23(29)17-28(33(4,31)32)22-13-11-21(25)12-14-22/h7-14,19H,5-6,15-17H2,1-4H3,(H,26,30). The van der Waals surface area contributed by atoms with Gasteiger partial charge in [0.1, 0.15) is 12.6 Å². The number of sulfonamides is 1. The number of anilines is 1. The van der Waals surface area contributed by atoms with Gasteiger partial charge in [0, 0.05) is 17.6 Å². The summed E-state index contributed by atoms with van der Waals surface area (Å²) in [6, 6.07) is 13.6. The van der Waals surface area contributed by atoms with E-state index in [1.165, 1.54) is 4.90 Å². The second-order valence-electron chi connectivity index (χ2n) is 8.07. The van der Waals surface area contributed by atoms with Crippen molar-refractivity contribution in [2.45, 2.75) is 46.2 Å². The normalized spacial score (nSPS) is 12.2. The van der Waals surface area contributed by atoms with Crippen molar-refractivity contribution in [2.75, 3.05) is 23.7 Å². The van der Waals surface area contributed by atoms with Gasteiger partial charge in [0.15, 0.2) is 0 Å². The maximum absolute atomic E-state index is 13.4. The first-order valence-electron chi connectivity index (χ1n) is 10.9. The summed E-state index contributed by atoms with van der Waals surface area (Å²) in [7, 11) is -3.73. The van der Waals surface area contributed by atoms with Crippen LogP contribution < -0.4 is 9.62 Å². The van der Waals surface area contributed by atoms with E-state index >= 15 is 0 Å². The molecule has 0 fully saturated rings. The van der Waals surface area contributed by atoms with Gasteiger partial charge < -0.3 is 10.2 Å². The summed E-state index contributed by atoms with van der Waals surface area (Å²) in [5.41, 5.74) is 2.32. The Morgan fingerprint density at radius 2 is 1.67 bits per heavy atom. The number of nitrogens with zero attached hydrogens (tertiary/aromatic N) is 2. The van der Waals surface area contributed by atoms with Gasteiger partial charge in [0.2, 0.25) is 21.8 Å². The molecule has 1 unspecified atom stereocenters. The van der Waals surface area contributed by atoms with Crippen LogP contribution in [0.3, 0.4) is 0 Å². The zero-order chi connectivity index (χ0) is 24.6. The topological polar surface area (TPSA) is 86.8 Å². The molecule has 180 valence electrons. The number of unbranched alkanes of at least 4 members (excludes halogenated alkanes) is 1. The van der Waals surface area contributed by atoms with Gasteiger partial charge in [0.25, 0.3) is 0 Å². The molecule has 1 N–H and O–H groups in total. The highest BCUT2D eigenvalue weighted by molar-refractivity contribution is 9.10. The van der Waals surface area contributed by atoms with Gasteiger partial charge in [-0.1, -0.05) is 59.1 Å². The summed E-state index contributed by atoms with van der Waals surface area (Å²) in [6.45, 7) is 5.99. The van der Waals surface area contributed by atoms with Crippen molar-refractivity contribution in [3.05, 3.63) is 64.1 Å². The second-order valence-corrected chi connectivity index (χ2v) is 10.9. The Morgan fingerprint density at radius 1 is 1.06 bits per heavy atom. The number of carbonyl (C=O) groups is 2. The Kier molecular flexibility index (Phi) is 9.91. The number of rotatable bonds is 11. The maximum atomic E-state index is 13.4. The van der Waals surface area contributed by atoms with Crippen LogP contribution in [0.4, 0.5) is 5.69 Å². The van der Waals surface area contributed by atoms with Crippen molar-refractivity contribution in [3.63, 3.8) is 0 Å². The van der Waals surface area contributed by atoms with E-state index in [4.69, 9.17) is 0 Å². The lowest BCUT2D eigenvalue weighted by molar-refractivity contribution is -0.139. The summed E-state index contributed by atoms with van der Waals surface area (Å²) in [6.07, 6.45) is 2.85. The molecule has 2 aromatic rings. The van der Waals surface area contributed by atoms with Crippen LogP contribution in [0.25, 0.3) is 0 Å². The minimum Gasteiger partial charge on any atom is -0.354 e. The molecule has 7 nitrogen and oxygen atoms in total. The number of hydrogen-bond donors (Lipinski definition) is 1. The van der Waals surface area contributed by atoms with E-state index in [1.807, 2.05) is 38.1 Å². The van der Waals surface area contributed by atoms with Crippen molar-refractivity contribution in [3.8, 4) is 0 Å². The Balaban J connectivity index is 2.32. The van der Waals surface area contributed by atoms with Gasteiger partial charge in [0.05, 0.1) is 11.9 Å². The van der Waals surface area contributed by atoms with Crippen LogP contribution in [0.5, 0.6) is 0 Å². The number of hydrogen-bond acceptors (Lipinski definition) is 4. The Morgan fingerprint density at radius 3 is 2.21 bits per heavy atom.